The highest BCUT2D eigenvalue weighted by Crippen LogP contribution is 2.36. The lowest BCUT2D eigenvalue weighted by molar-refractivity contribution is 0.313. The van der Waals surface area contributed by atoms with Crippen molar-refractivity contribution in [3.8, 4) is 6.07 Å². The van der Waals surface area contributed by atoms with Crippen LogP contribution in [0.2, 0.25) is 0 Å². The van der Waals surface area contributed by atoms with Crippen LogP contribution in [0.3, 0.4) is 0 Å². The van der Waals surface area contributed by atoms with E-state index in [1.165, 1.54) is 6.07 Å². The van der Waals surface area contributed by atoms with Crippen molar-refractivity contribution in [3.63, 3.8) is 0 Å². The maximum Gasteiger partial charge on any atom is 0.150 e. The minimum atomic E-state index is -0.582. The van der Waals surface area contributed by atoms with Gasteiger partial charge < -0.3 is 20.1 Å². The van der Waals surface area contributed by atoms with Gasteiger partial charge in [0.05, 0.1) is 22.8 Å². The summed E-state index contributed by atoms with van der Waals surface area (Å²) in [5.74, 6) is -1.15. The van der Waals surface area contributed by atoms with Crippen molar-refractivity contribution in [2.45, 2.75) is 12.5 Å². The third-order valence-electron chi connectivity index (χ3n) is 6.30. The molecule has 2 aromatic carbocycles. The van der Waals surface area contributed by atoms with Crippen LogP contribution in [-0.2, 0) is 6.42 Å². The lowest BCUT2D eigenvalue weighted by atomic mass is 9.93. The molecule has 2 N–H and O–H groups in total. The third-order valence-corrected chi connectivity index (χ3v) is 6.30. The number of nitriles is 1. The van der Waals surface area contributed by atoms with Crippen molar-refractivity contribution < 1.29 is 8.78 Å². The van der Waals surface area contributed by atoms with Crippen LogP contribution >= 0.6 is 0 Å². The molecule has 154 valence electrons. The van der Waals surface area contributed by atoms with Gasteiger partial charge in [0.1, 0.15) is 17.7 Å². The Kier molecular flexibility index (Phi) is 4.69. The van der Waals surface area contributed by atoms with E-state index in [4.69, 9.17) is 0 Å². The second kappa shape index (κ2) is 7.38. The zero-order valence-electron chi connectivity index (χ0n) is 16.8. The van der Waals surface area contributed by atoms with E-state index >= 15 is 0 Å². The first-order chi connectivity index (χ1) is 14.5. The van der Waals surface area contributed by atoms with Gasteiger partial charge in [-0.1, -0.05) is 6.07 Å². The zero-order chi connectivity index (χ0) is 20.8. The summed E-state index contributed by atoms with van der Waals surface area (Å²) in [4.78, 5) is 7.71. The molecule has 30 heavy (non-hydrogen) atoms. The summed E-state index contributed by atoms with van der Waals surface area (Å²) in [6.45, 7) is 4.42. The molecule has 7 heteroatoms. The zero-order valence-corrected chi connectivity index (χ0v) is 16.8. The summed E-state index contributed by atoms with van der Waals surface area (Å²) in [6, 6.07) is 10.4. The number of benzene rings is 2. The van der Waals surface area contributed by atoms with Crippen LogP contribution in [0, 0.1) is 23.0 Å². The van der Waals surface area contributed by atoms with Gasteiger partial charge in [-0.2, -0.15) is 5.26 Å². The van der Waals surface area contributed by atoms with E-state index in [1.54, 1.807) is 0 Å². The molecule has 0 radical (unpaired) electrons. The number of nitrogens with one attached hydrogen (secondary N) is 2. The molecule has 1 saturated heterocycles. The molecule has 5 rings (SSSR count). The number of halogens is 2. The number of nitrogens with zero attached hydrogens (tertiary/aromatic N) is 3. The molecule has 5 nitrogen and oxygen atoms in total. The first-order valence-electron chi connectivity index (χ1n) is 10.3. The molecule has 2 aliphatic heterocycles. The Morgan fingerprint density at radius 1 is 1.10 bits per heavy atom. The Morgan fingerprint density at radius 2 is 1.90 bits per heavy atom. The quantitative estimate of drug-likeness (QED) is 0.684. The summed E-state index contributed by atoms with van der Waals surface area (Å²) in [7, 11) is 2.10. The van der Waals surface area contributed by atoms with Gasteiger partial charge in [0.25, 0.3) is 0 Å². The SMILES string of the molecule is CN1CCN(c2ccc(C3NCCc4c3[nH]c3c(F)cc(F)cc43)cc2C#N)CC1. The van der Waals surface area contributed by atoms with E-state index in [-0.39, 0.29) is 6.04 Å². The summed E-state index contributed by atoms with van der Waals surface area (Å²) < 4.78 is 28.1. The molecule has 1 unspecified atom stereocenters. The van der Waals surface area contributed by atoms with Crippen LogP contribution in [0.15, 0.2) is 30.3 Å². The largest absolute Gasteiger partial charge is 0.368 e. The Hall–Kier alpha value is -2.95. The fraction of sp³-hybridized carbons (Fsp3) is 0.348. The van der Waals surface area contributed by atoms with Crippen LogP contribution in [-0.4, -0.2) is 49.7 Å². The fourth-order valence-electron chi connectivity index (χ4n) is 4.68. The van der Waals surface area contributed by atoms with E-state index in [0.717, 1.165) is 54.8 Å². The second-order valence-electron chi connectivity index (χ2n) is 8.14. The van der Waals surface area contributed by atoms with Gasteiger partial charge in [-0.15, -0.1) is 0 Å². The maximum absolute atomic E-state index is 14.3. The van der Waals surface area contributed by atoms with Gasteiger partial charge in [-0.3, -0.25) is 0 Å². The molecule has 0 amide bonds. The van der Waals surface area contributed by atoms with Gasteiger partial charge in [-0.05, 0) is 42.8 Å². The van der Waals surface area contributed by atoms with E-state index in [0.29, 0.717) is 29.4 Å². The standard InChI is InChI=1S/C23H23F2N5/c1-29-6-8-30(9-7-29)20-3-2-14(10-15(20)13-26)21-23-17(4-5-27-21)18-11-16(24)12-19(25)22(18)28-23/h2-3,10-12,21,27-28H,4-9H2,1H3. The molecule has 0 saturated carbocycles. The lowest BCUT2D eigenvalue weighted by Gasteiger charge is -2.35. The Bertz CT molecular complexity index is 1150. The Labute approximate surface area is 173 Å². The fourth-order valence-corrected chi connectivity index (χ4v) is 4.68. The lowest BCUT2D eigenvalue weighted by Crippen LogP contribution is -2.44. The normalized spacial score (nSPS) is 19.7. The molecule has 0 aliphatic carbocycles. The summed E-state index contributed by atoms with van der Waals surface area (Å²) in [5, 5.41) is 13.9. The number of hydrogen-bond acceptors (Lipinski definition) is 4. The van der Waals surface area contributed by atoms with Gasteiger partial charge in [0, 0.05) is 49.9 Å². The first kappa shape index (κ1) is 19.0. The van der Waals surface area contributed by atoms with Crippen molar-refractivity contribution in [2.75, 3.05) is 44.7 Å². The summed E-state index contributed by atoms with van der Waals surface area (Å²) in [6.07, 6.45) is 0.694. The predicted molar refractivity (Wildman–Crippen MR) is 113 cm³/mol. The average Bonchev–Trinajstić information content (AvgIpc) is 3.13. The Balaban J connectivity index is 1.54. The molecule has 1 atom stereocenters. The van der Waals surface area contributed by atoms with Crippen LogP contribution in [0.1, 0.15) is 28.4 Å². The monoisotopic (exact) mass is 407 g/mol. The van der Waals surface area contributed by atoms with E-state index in [1.807, 2.05) is 18.2 Å². The third kappa shape index (κ3) is 3.13. The smallest absolute Gasteiger partial charge is 0.150 e. The first-order valence-corrected chi connectivity index (χ1v) is 10.3. The minimum Gasteiger partial charge on any atom is -0.368 e. The van der Waals surface area contributed by atoms with Crippen molar-refractivity contribution in [3.05, 3.63) is 64.4 Å². The number of aromatic amines is 1. The van der Waals surface area contributed by atoms with Crippen molar-refractivity contribution in [2.24, 2.45) is 0 Å². The van der Waals surface area contributed by atoms with Crippen molar-refractivity contribution in [1.29, 1.82) is 5.26 Å². The average molecular weight is 407 g/mol. The predicted octanol–water partition coefficient (Wildman–Crippen LogP) is 3.30. The number of aromatic nitrogens is 1. The number of fused-ring (bicyclic) bond motifs is 3. The van der Waals surface area contributed by atoms with Crippen LogP contribution < -0.4 is 10.2 Å². The van der Waals surface area contributed by atoms with Gasteiger partial charge in [-0.25, -0.2) is 8.78 Å². The molecule has 0 spiro atoms. The number of H-pyrrole nitrogens is 1. The number of rotatable bonds is 2. The van der Waals surface area contributed by atoms with E-state index < -0.39 is 11.6 Å². The second-order valence-corrected chi connectivity index (χ2v) is 8.14. The molecule has 0 bridgehead atoms. The topological polar surface area (TPSA) is 58.1 Å². The highest BCUT2D eigenvalue weighted by molar-refractivity contribution is 5.86. The summed E-state index contributed by atoms with van der Waals surface area (Å²) >= 11 is 0. The van der Waals surface area contributed by atoms with E-state index in [9.17, 15) is 14.0 Å². The van der Waals surface area contributed by atoms with Crippen LogP contribution in [0.4, 0.5) is 14.5 Å². The maximum atomic E-state index is 14.3. The van der Waals surface area contributed by atoms with Gasteiger partial charge in [0.2, 0.25) is 0 Å². The van der Waals surface area contributed by atoms with Crippen molar-refractivity contribution >= 4 is 16.6 Å². The number of likely N-dealkylation sites (N-methyl/N-ethyl adjacent to an activating group) is 1. The van der Waals surface area contributed by atoms with Crippen LogP contribution in [0.5, 0.6) is 0 Å². The Morgan fingerprint density at radius 3 is 2.67 bits per heavy atom. The highest BCUT2D eigenvalue weighted by atomic mass is 19.1. The van der Waals surface area contributed by atoms with Crippen LogP contribution in [0.25, 0.3) is 10.9 Å². The van der Waals surface area contributed by atoms with Crippen molar-refractivity contribution in [1.82, 2.24) is 15.2 Å². The number of hydrogen-bond donors (Lipinski definition) is 2. The molecule has 1 fully saturated rings. The minimum absolute atomic E-state index is 0.197. The summed E-state index contributed by atoms with van der Waals surface area (Å²) in [5.41, 5.74) is 4.66. The number of piperazine rings is 1. The molecule has 3 aromatic rings. The number of anilines is 1. The molecule has 2 aliphatic rings. The molecule has 3 heterocycles. The highest BCUT2D eigenvalue weighted by Gasteiger charge is 2.27. The molecule has 1 aromatic heterocycles. The molecular weight excluding hydrogens is 384 g/mol. The van der Waals surface area contributed by atoms with Gasteiger partial charge in [0.15, 0.2) is 0 Å². The van der Waals surface area contributed by atoms with Gasteiger partial charge >= 0.3 is 0 Å². The van der Waals surface area contributed by atoms with E-state index in [2.05, 4.69) is 33.2 Å². The molecular formula is C23H23F2N5.